The van der Waals surface area contributed by atoms with Crippen LogP contribution in [-0.2, 0) is 11.2 Å². The molecule has 2 rings (SSSR count). The van der Waals surface area contributed by atoms with Gasteiger partial charge >= 0.3 is 0 Å². The van der Waals surface area contributed by atoms with Crippen molar-refractivity contribution in [2.24, 2.45) is 0 Å². The average molecular weight is 347 g/mol. The summed E-state index contributed by atoms with van der Waals surface area (Å²) in [5, 5.41) is 13.7. The SMILES string of the molecule is CC(C)c1ccc(CCC(=O)Nc2cc([N+](=O)[O-])ccc2Cl)cc1. The predicted molar refractivity (Wildman–Crippen MR) is 95.6 cm³/mol. The van der Waals surface area contributed by atoms with Gasteiger partial charge in [0.2, 0.25) is 5.91 Å². The second-order valence-corrected chi connectivity index (χ2v) is 6.27. The highest BCUT2D eigenvalue weighted by atomic mass is 35.5. The number of rotatable bonds is 6. The van der Waals surface area contributed by atoms with Crippen molar-refractivity contribution in [3.63, 3.8) is 0 Å². The van der Waals surface area contributed by atoms with E-state index in [-0.39, 0.29) is 28.7 Å². The Morgan fingerprint density at radius 1 is 1.21 bits per heavy atom. The topological polar surface area (TPSA) is 72.2 Å². The van der Waals surface area contributed by atoms with E-state index in [4.69, 9.17) is 11.6 Å². The predicted octanol–water partition coefficient (Wildman–Crippen LogP) is 4.94. The van der Waals surface area contributed by atoms with Crippen LogP contribution in [-0.4, -0.2) is 10.8 Å². The maximum atomic E-state index is 12.1. The van der Waals surface area contributed by atoms with Crippen molar-refractivity contribution < 1.29 is 9.72 Å². The lowest BCUT2D eigenvalue weighted by Crippen LogP contribution is -2.13. The molecule has 0 aliphatic rings. The van der Waals surface area contributed by atoms with Gasteiger partial charge in [0.15, 0.2) is 0 Å². The first-order valence-corrected chi connectivity index (χ1v) is 8.07. The van der Waals surface area contributed by atoms with Crippen LogP contribution in [0, 0.1) is 10.1 Å². The average Bonchev–Trinajstić information content (AvgIpc) is 2.55. The first kappa shape index (κ1) is 17.9. The Hall–Kier alpha value is -2.40. The zero-order chi connectivity index (χ0) is 17.7. The minimum atomic E-state index is -0.526. The maximum absolute atomic E-state index is 12.1. The van der Waals surface area contributed by atoms with E-state index < -0.39 is 4.92 Å². The third-order valence-corrected chi connectivity index (χ3v) is 4.05. The minimum Gasteiger partial charge on any atom is -0.325 e. The number of halogens is 1. The standard InChI is InChI=1S/C18H19ClN2O3/c1-12(2)14-6-3-13(4-7-14)5-10-18(22)20-17-11-15(21(23)24)8-9-16(17)19/h3-4,6-9,11-12H,5,10H2,1-2H3,(H,20,22). The van der Waals surface area contributed by atoms with E-state index in [1.54, 1.807) is 0 Å². The number of anilines is 1. The zero-order valence-electron chi connectivity index (χ0n) is 13.6. The number of carbonyl (C=O) groups excluding carboxylic acids is 1. The maximum Gasteiger partial charge on any atom is 0.271 e. The van der Waals surface area contributed by atoms with Crippen LogP contribution in [0.4, 0.5) is 11.4 Å². The fourth-order valence-corrected chi connectivity index (χ4v) is 2.43. The summed E-state index contributed by atoms with van der Waals surface area (Å²) in [6, 6.07) is 12.1. The van der Waals surface area contributed by atoms with Crippen molar-refractivity contribution in [1.82, 2.24) is 0 Å². The number of nitro benzene ring substituents is 1. The van der Waals surface area contributed by atoms with Crippen molar-refractivity contribution in [3.05, 3.63) is 68.7 Å². The van der Waals surface area contributed by atoms with Crippen LogP contribution in [0.3, 0.4) is 0 Å². The summed E-state index contributed by atoms with van der Waals surface area (Å²) in [7, 11) is 0. The highest BCUT2D eigenvalue weighted by Gasteiger charge is 2.12. The Labute approximate surface area is 145 Å². The number of amides is 1. The molecule has 0 spiro atoms. The van der Waals surface area contributed by atoms with E-state index >= 15 is 0 Å². The summed E-state index contributed by atoms with van der Waals surface area (Å²) in [5.41, 5.74) is 2.47. The molecule has 0 fully saturated rings. The van der Waals surface area contributed by atoms with Gasteiger partial charge in [-0.25, -0.2) is 0 Å². The smallest absolute Gasteiger partial charge is 0.271 e. The highest BCUT2D eigenvalue weighted by molar-refractivity contribution is 6.33. The van der Waals surface area contributed by atoms with Gasteiger partial charge in [0, 0.05) is 18.6 Å². The molecule has 1 amide bonds. The highest BCUT2D eigenvalue weighted by Crippen LogP contribution is 2.26. The molecule has 2 aromatic carbocycles. The molecule has 0 bridgehead atoms. The fourth-order valence-electron chi connectivity index (χ4n) is 2.26. The van der Waals surface area contributed by atoms with Gasteiger partial charge in [-0.05, 0) is 29.5 Å². The normalized spacial score (nSPS) is 10.7. The van der Waals surface area contributed by atoms with Crippen LogP contribution in [0.2, 0.25) is 5.02 Å². The van der Waals surface area contributed by atoms with Crippen LogP contribution in [0.15, 0.2) is 42.5 Å². The van der Waals surface area contributed by atoms with Gasteiger partial charge in [-0.15, -0.1) is 0 Å². The number of aryl methyl sites for hydroxylation is 1. The molecule has 2 aromatic rings. The summed E-state index contributed by atoms with van der Waals surface area (Å²) in [6.07, 6.45) is 0.872. The molecule has 0 saturated carbocycles. The molecule has 1 N–H and O–H groups in total. The van der Waals surface area contributed by atoms with Crippen molar-refractivity contribution in [3.8, 4) is 0 Å². The van der Waals surface area contributed by atoms with E-state index in [0.717, 1.165) is 5.56 Å². The number of hydrogen-bond donors (Lipinski definition) is 1. The van der Waals surface area contributed by atoms with E-state index in [2.05, 4.69) is 31.3 Å². The molecule has 0 heterocycles. The van der Waals surface area contributed by atoms with E-state index in [9.17, 15) is 14.9 Å². The number of nitrogens with zero attached hydrogens (tertiary/aromatic N) is 1. The zero-order valence-corrected chi connectivity index (χ0v) is 14.3. The van der Waals surface area contributed by atoms with Crippen LogP contribution in [0.25, 0.3) is 0 Å². The second kappa shape index (κ2) is 7.93. The molecule has 6 heteroatoms. The van der Waals surface area contributed by atoms with E-state index in [1.165, 1.54) is 23.8 Å². The quantitative estimate of drug-likeness (QED) is 0.594. The molecular weight excluding hydrogens is 328 g/mol. The number of carbonyl (C=O) groups is 1. The summed E-state index contributed by atoms with van der Waals surface area (Å²) in [6.45, 7) is 4.26. The van der Waals surface area contributed by atoms with Gasteiger partial charge in [0.1, 0.15) is 0 Å². The molecule has 0 aliphatic carbocycles. The molecular formula is C18H19ClN2O3. The third-order valence-electron chi connectivity index (χ3n) is 3.72. The molecule has 0 atom stereocenters. The third kappa shape index (κ3) is 4.80. The first-order valence-electron chi connectivity index (χ1n) is 7.69. The Bertz CT molecular complexity index is 742. The lowest BCUT2D eigenvalue weighted by atomic mass is 10.0. The molecule has 0 radical (unpaired) electrons. The molecule has 0 aromatic heterocycles. The van der Waals surface area contributed by atoms with Gasteiger partial charge in [-0.1, -0.05) is 49.7 Å². The summed E-state index contributed by atoms with van der Waals surface area (Å²) < 4.78 is 0. The Morgan fingerprint density at radius 3 is 2.46 bits per heavy atom. The largest absolute Gasteiger partial charge is 0.325 e. The monoisotopic (exact) mass is 346 g/mol. The van der Waals surface area contributed by atoms with Crippen molar-refractivity contribution in [2.45, 2.75) is 32.6 Å². The summed E-state index contributed by atoms with van der Waals surface area (Å²) in [5.74, 6) is 0.240. The first-order chi connectivity index (χ1) is 11.4. The molecule has 0 unspecified atom stereocenters. The molecule has 0 saturated heterocycles. The van der Waals surface area contributed by atoms with Crippen molar-refractivity contribution in [2.75, 3.05) is 5.32 Å². The van der Waals surface area contributed by atoms with Crippen LogP contribution >= 0.6 is 11.6 Å². The summed E-state index contributed by atoms with van der Waals surface area (Å²) >= 11 is 5.97. The number of non-ortho nitro benzene ring substituents is 1. The van der Waals surface area contributed by atoms with Gasteiger partial charge in [0.05, 0.1) is 15.6 Å². The van der Waals surface area contributed by atoms with E-state index in [0.29, 0.717) is 12.3 Å². The van der Waals surface area contributed by atoms with Crippen LogP contribution in [0.5, 0.6) is 0 Å². The van der Waals surface area contributed by atoms with Gasteiger partial charge in [-0.2, -0.15) is 0 Å². The lowest BCUT2D eigenvalue weighted by molar-refractivity contribution is -0.384. The van der Waals surface area contributed by atoms with Crippen molar-refractivity contribution >= 4 is 28.9 Å². The van der Waals surface area contributed by atoms with E-state index in [1.807, 2.05) is 12.1 Å². The van der Waals surface area contributed by atoms with Gasteiger partial charge in [0.25, 0.3) is 5.69 Å². The number of benzene rings is 2. The molecule has 0 aliphatic heterocycles. The summed E-state index contributed by atoms with van der Waals surface area (Å²) in [4.78, 5) is 22.3. The molecule has 126 valence electrons. The van der Waals surface area contributed by atoms with Crippen molar-refractivity contribution in [1.29, 1.82) is 0 Å². The number of hydrogen-bond acceptors (Lipinski definition) is 3. The molecule has 24 heavy (non-hydrogen) atoms. The number of nitro groups is 1. The Balaban J connectivity index is 1.96. The fraction of sp³-hybridized carbons (Fsp3) is 0.278. The Morgan fingerprint density at radius 2 is 1.88 bits per heavy atom. The van der Waals surface area contributed by atoms with Crippen LogP contribution < -0.4 is 5.32 Å². The Kier molecular flexibility index (Phi) is 5.93. The lowest BCUT2D eigenvalue weighted by Gasteiger charge is -2.08. The minimum absolute atomic E-state index is 0.112. The van der Waals surface area contributed by atoms with Gasteiger partial charge in [-0.3, -0.25) is 14.9 Å². The van der Waals surface area contributed by atoms with Gasteiger partial charge < -0.3 is 5.32 Å². The van der Waals surface area contributed by atoms with Crippen LogP contribution in [0.1, 0.15) is 37.3 Å². The second-order valence-electron chi connectivity index (χ2n) is 5.87. The number of nitrogens with one attached hydrogen (secondary N) is 1. The molecule has 5 nitrogen and oxygen atoms in total.